The highest BCUT2D eigenvalue weighted by molar-refractivity contribution is 8.00. The van der Waals surface area contributed by atoms with Crippen LogP contribution >= 0.6 is 24.2 Å². The summed E-state index contributed by atoms with van der Waals surface area (Å²) in [5.41, 5.74) is 2.50. The van der Waals surface area contributed by atoms with E-state index < -0.39 is 0 Å². The summed E-state index contributed by atoms with van der Waals surface area (Å²) in [6.07, 6.45) is 4.73. The summed E-state index contributed by atoms with van der Waals surface area (Å²) in [5, 5.41) is 6.83. The van der Waals surface area contributed by atoms with Crippen molar-refractivity contribution in [2.75, 3.05) is 5.75 Å². The molecule has 2 aliphatic rings. The van der Waals surface area contributed by atoms with Gasteiger partial charge in [-0.15, -0.1) is 24.2 Å². The molecular weight excluding hydrogens is 316 g/mol. The molecular formula is C17H25ClN2OS. The molecule has 22 heavy (non-hydrogen) atoms. The maximum absolute atomic E-state index is 12.2. The van der Waals surface area contributed by atoms with Gasteiger partial charge in [0.15, 0.2) is 0 Å². The lowest BCUT2D eigenvalue weighted by Gasteiger charge is -2.29. The Labute approximate surface area is 143 Å². The molecule has 0 aliphatic carbocycles. The van der Waals surface area contributed by atoms with Crippen molar-refractivity contribution in [1.29, 1.82) is 0 Å². The molecule has 2 bridgehead atoms. The smallest absolute Gasteiger partial charge is 0.230 e. The van der Waals surface area contributed by atoms with Crippen LogP contribution in [0.4, 0.5) is 0 Å². The average Bonchev–Trinajstić information content (AvgIpc) is 2.79. The van der Waals surface area contributed by atoms with Crippen LogP contribution in [0.3, 0.4) is 0 Å². The summed E-state index contributed by atoms with van der Waals surface area (Å²) in [5.74, 6) is 0.691. The van der Waals surface area contributed by atoms with E-state index >= 15 is 0 Å². The van der Waals surface area contributed by atoms with Gasteiger partial charge in [0.2, 0.25) is 5.91 Å². The number of aryl methyl sites for hydroxylation is 2. The minimum Gasteiger partial charge on any atom is -0.353 e. The minimum atomic E-state index is 0. The Balaban J connectivity index is 0.00000176. The zero-order chi connectivity index (χ0) is 14.8. The predicted molar refractivity (Wildman–Crippen MR) is 95.0 cm³/mol. The molecule has 0 spiro atoms. The van der Waals surface area contributed by atoms with Crippen LogP contribution < -0.4 is 10.6 Å². The topological polar surface area (TPSA) is 41.1 Å². The summed E-state index contributed by atoms with van der Waals surface area (Å²) < 4.78 is 0. The van der Waals surface area contributed by atoms with E-state index in [1.807, 2.05) is 0 Å². The number of carbonyl (C=O) groups is 1. The second-order valence-electron chi connectivity index (χ2n) is 6.43. The Morgan fingerprint density at radius 2 is 1.95 bits per heavy atom. The van der Waals surface area contributed by atoms with Gasteiger partial charge in [-0.1, -0.05) is 17.7 Å². The Morgan fingerprint density at radius 3 is 2.64 bits per heavy atom. The van der Waals surface area contributed by atoms with Crippen molar-refractivity contribution < 1.29 is 4.79 Å². The van der Waals surface area contributed by atoms with Gasteiger partial charge in [0.25, 0.3) is 0 Å². The van der Waals surface area contributed by atoms with Crippen LogP contribution in [0.1, 0.15) is 36.8 Å². The van der Waals surface area contributed by atoms with Crippen LogP contribution in [0.2, 0.25) is 0 Å². The number of fused-ring (bicyclic) bond motifs is 2. The summed E-state index contributed by atoms with van der Waals surface area (Å²) in [6, 6.07) is 8.03. The van der Waals surface area contributed by atoms with Gasteiger partial charge in [-0.05, 0) is 51.2 Å². The number of piperidine rings is 1. The number of benzene rings is 1. The first-order valence-electron chi connectivity index (χ1n) is 7.85. The normalized spacial score (nSPS) is 26.4. The Morgan fingerprint density at radius 1 is 1.27 bits per heavy atom. The van der Waals surface area contributed by atoms with Gasteiger partial charge in [-0.2, -0.15) is 0 Å². The summed E-state index contributed by atoms with van der Waals surface area (Å²) in [7, 11) is 0. The molecule has 2 atom stereocenters. The van der Waals surface area contributed by atoms with Crippen LogP contribution in [0.15, 0.2) is 23.1 Å². The van der Waals surface area contributed by atoms with E-state index in [2.05, 4.69) is 42.7 Å². The molecule has 2 unspecified atom stereocenters. The molecule has 3 rings (SSSR count). The number of amides is 1. The van der Waals surface area contributed by atoms with Crippen molar-refractivity contribution in [2.45, 2.75) is 62.6 Å². The third-order valence-corrected chi connectivity index (χ3v) is 5.70. The number of hydrogen-bond acceptors (Lipinski definition) is 3. The van der Waals surface area contributed by atoms with Crippen LogP contribution in [-0.2, 0) is 4.79 Å². The standard InChI is InChI=1S/C17H24N2OS.ClH/c1-11-3-4-12(2)16(7-11)21-10-17(20)19-15-8-13-5-6-14(9-15)18-13;/h3-4,7,13-15,18H,5-6,8-10H2,1-2H3,(H,19,20);1H. The summed E-state index contributed by atoms with van der Waals surface area (Å²) in [4.78, 5) is 13.4. The first kappa shape index (κ1) is 17.6. The molecule has 2 aliphatic heterocycles. The molecule has 2 saturated heterocycles. The molecule has 2 heterocycles. The molecule has 3 nitrogen and oxygen atoms in total. The number of thioether (sulfide) groups is 1. The molecule has 1 amide bonds. The van der Waals surface area contributed by atoms with Crippen molar-refractivity contribution >= 4 is 30.1 Å². The third kappa shape index (κ3) is 4.40. The van der Waals surface area contributed by atoms with Crippen LogP contribution in [0.5, 0.6) is 0 Å². The first-order chi connectivity index (χ1) is 10.1. The zero-order valence-electron chi connectivity index (χ0n) is 13.2. The fourth-order valence-electron chi connectivity index (χ4n) is 3.45. The monoisotopic (exact) mass is 340 g/mol. The minimum absolute atomic E-state index is 0. The van der Waals surface area contributed by atoms with E-state index in [9.17, 15) is 4.79 Å². The van der Waals surface area contributed by atoms with Gasteiger partial charge in [0, 0.05) is 23.0 Å². The molecule has 0 radical (unpaired) electrons. The van der Waals surface area contributed by atoms with Crippen molar-refractivity contribution in [3.63, 3.8) is 0 Å². The molecule has 122 valence electrons. The fraction of sp³-hybridized carbons (Fsp3) is 0.588. The Kier molecular flexibility index (Phi) is 6.18. The molecule has 2 fully saturated rings. The van der Waals surface area contributed by atoms with E-state index in [-0.39, 0.29) is 18.3 Å². The van der Waals surface area contributed by atoms with Crippen molar-refractivity contribution in [3.05, 3.63) is 29.3 Å². The Bertz CT molecular complexity index is 525. The SMILES string of the molecule is Cc1ccc(C)c(SCC(=O)NC2CC3CCC(C2)N3)c1.Cl. The van der Waals surface area contributed by atoms with Gasteiger partial charge in [0.05, 0.1) is 5.75 Å². The highest BCUT2D eigenvalue weighted by Crippen LogP contribution is 2.27. The van der Waals surface area contributed by atoms with Crippen LogP contribution in [0.25, 0.3) is 0 Å². The van der Waals surface area contributed by atoms with Crippen LogP contribution in [0, 0.1) is 13.8 Å². The van der Waals surface area contributed by atoms with E-state index in [0.717, 1.165) is 12.8 Å². The van der Waals surface area contributed by atoms with E-state index in [4.69, 9.17) is 0 Å². The summed E-state index contributed by atoms with van der Waals surface area (Å²) >= 11 is 1.65. The largest absolute Gasteiger partial charge is 0.353 e. The molecule has 0 aromatic heterocycles. The van der Waals surface area contributed by atoms with Crippen molar-refractivity contribution in [2.24, 2.45) is 0 Å². The first-order valence-corrected chi connectivity index (χ1v) is 8.84. The van der Waals surface area contributed by atoms with E-state index in [1.54, 1.807) is 11.8 Å². The molecule has 0 saturated carbocycles. The number of halogens is 1. The predicted octanol–water partition coefficient (Wildman–Crippen LogP) is 3.22. The quantitative estimate of drug-likeness (QED) is 0.827. The lowest BCUT2D eigenvalue weighted by Crippen LogP contribution is -2.48. The molecule has 2 N–H and O–H groups in total. The van der Waals surface area contributed by atoms with Crippen molar-refractivity contribution in [3.8, 4) is 0 Å². The molecule has 1 aromatic rings. The Hall–Kier alpha value is -0.710. The lowest BCUT2D eigenvalue weighted by molar-refractivity contribution is -0.119. The fourth-order valence-corrected chi connectivity index (χ4v) is 4.39. The zero-order valence-corrected chi connectivity index (χ0v) is 14.9. The van der Waals surface area contributed by atoms with Gasteiger partial charge < -0.3 is 10.6 Å². The van der Waals surface area contributed by atoms with Crippen molar-refractivity contribution in [1.82, 2.24) is 10.6 Å². The van der Waals surface area contributed by atoms with Crippen LogP contribution in [-0.4, -0.2) is 29.8 Å². The second-order valence-corrected chi connectivity index (χ2v) is 7.45. The number of hydrogen-bond donors (Lipinski definition) is 2. The number of nitrogens with one attached hydrogen (secondary N) is 2. The maximum Gasteiger partial charge on any atom is 0.230 e. The lowest BCUT2D eigenvalue weighted by atomic mass is 10.00. The summed E-state index contributed by atoms with van der Waals surface area (Å²) in [6.45, 7) is 4.19. The van der Waals surface area contributed by atoms with Gasteiger partial charge >= 0.3 is 0 Å². The highest BCUT2D eigenvalue weighted by atomic mass is 35.5. The average molecular weight is 341 g/mol. The van der Waals surface area contributed by atoms with Gasteiger partial charge in [-0.3, -0.25) is 4.79 Å². The van der Waals surface area contributed by atoms with E-state index in [1.165, 1.54) is 28.9 Å². The third-order valence-electron chi connectivity index (χ3n) is 4.54. The number of rotatable bonds is 4. The molecule has 1 aromatic carbocycles. The maximum atomic E-state index is 12.2. The van der Waals surface area contributed by atoms with Gasteiger partial charge in [-0.25, -0.2) is 0 Å². The molecule has 5 heteroatoms. The van der Waals surface area contributed by atoms with E-state index in [0.29, 0.717) is 23.9 Å². The highest BCUT2D eigenvalue weighted by Gasteiger charge is 2.33. The number of carbonyl (C=O) groups excluding carboxylic acids is 1. The second kappa shape index (κ2) is 7.71. The van der Waals surface area contributed by atoms with Gasteiger partial charge in [0.1, 0.15) is 0 Å².